The molecule has 2 nitrogen and oxygen atoms in total. The summed E-state index contributed by atoms with van der Waals surface area (Å²) in [7, 11) is 4.10. The van der Waals surface area contributed by atoms with Crippen molar-refractivity contribution in [3.05, 3.63) is 29.3 Å². The zero-order valence-corrected chi connectivity index (χ0v) is 13.8. The van der Waals surface area contributed by atoms with Gasteiger partial charge in [-0.05, 0) is 68.0 Å². The van der Waals surface area contributed by atoms with Gasteiger partial charge in [-0.3, -0.25) is 0 Å². The van der Waals surface area contributed by atoms with Crippen LogP contribution in [0.1, 0.15) is 56.6 Å². The minimum Gasteiger partial charge on any atom is -0.497 e. The average Bonchev–Trinajstić information content (AvgIpc) is 2.50. The molecule has 1 saturated heterocycles. The van der Waals surface area contributed by atoms with Gasteiger partial charge in [-0.25, -0.2) is 0 Å². The van der Waals surface area contributed by atoms with Crippen molar-refractivity contribution in [2.75, 3.05) is 20.7 Å². The molecule has 1 aromatic rings. The van der Waals surface area contributed by atoms with Crippen molar-refractivity contribution in [3.63, 3.8) is 0 Å². The molecule has 0 saturated carbocycles. The van der Waals surface area contributed by atoms with Crippen molar-refractivity contribution < 1.29 is 4.74 Å². The molecule has 1 aliphatic carbocycles. The molecule has 3 aliphatic rings. The average molecular weight is 287 g/mol. The summed E-state index contributed by atoms with van der Waals surface area (Å²) in [6.45, 7) is 3.69. The molecule has 2 heterocycles. The van der Waals surface area contributed by atoms with Gasteiger partial charge in [0.1, 0.15) is 5.75 Å². The Balaban J connectivity index is 2.08. The highest BCUT2D eigenvalue weighted by Gasteiger charge is 2.33. The van der Waals surface area contributed by atoms with Crippen LogP contribution in [0.15, 0.2) is 18.2 Å². The Hall–Kier alpha value is -1.02. The Labute approximate surface area is 129 Å². The largest absolute Gasteiger partial charge is 0.497 e. The first-order valence-electron chi connectivity index (χ1n) is 8.50. The third-order valence-corrected chi connectivity index (χ3v) is 5.83. The van der Waals surface area contributed by atoms with Gasteiger partial charge >= 0.3 is 0 Å². The van der Waals surface area contributed by atoms with E-state index >= 15 is 0 Å². The van der Waals surface area contributed by atoms with Crippen LogP contribution in [0.5, 0.6) is 5.75 Å². The zero-order chi connectivity index (χ0) is 14.9. The minimum absolute atomic E-state index is 0.306. The predicted molar refractivity (Wildman–Crippen MR) is 88.2 cm³/mol. The third kappa shape index (κ3) is 2.96. The molecule has 0 spiro atoms. The van der Waals surface area contributed by atoms with Crippen LogP contribution in [0.3, 0.4) is 0 Å². The number of hydrogen-bond donors (Lipinski definition) is 0. The lowest BCUT2D eigenvalue weighted by Crippen LogP contribution is -2.41. The van der Waals surface area contributed by atoms with Crippen LogP contribution in [0.4, 0.5) is 0 Å². The molecule has 2 bridgehead atoms. The maximum atomic E-state index is 5.50. The quantitative estimate of drug-likeness (QED) is 0.769. The van der Waals surface area contributed by atoms with Gasteiger partial charge in [-0.2, -0.15) is 0 Å². The number of hydrogen-bond acceptors (Lipinski definition) is 2. The van der Waals surface area contributed by atoms with Gasteiger partial charge in [0.2, 0.25) is 0 Å². The van der Waals surface area contributed by atoms with E-state index in [0.717, 1.165) is 5.75 Å². The monoisotopic (exact) mass is 287 g/mol. The van der Waals surface area contributed by atoms with Gasteiger partial charge < -0.3 is 9.64 Å². The smallest absolute Gasteiger partial charge is 0.119 e. The van der Waals surface area contributed by atoms with Crippen LogP contribution in [0, 0.1) is 0 Å². The van der Waals surface area contributed by atoms with Gasteiger partial charge in [-0.1, -0.05) is 32.3 Å². The summed E-state index contributed by atoms with van der Waals surface area (Å²) in [4.78, 5) is 2.61. The molecule has 116 valence electrons. The first kappa shape index (κ1) is 14.9. The number of fused-ring (bicyclic) bond motifs is 6. The first-order chi connectivity index (χ1) is 10.1. The highest BCUT2D eigenvalue weighted by molar-refractivity contribution is 5.41. The van der Waals surface area contributed by atoms with Crippen molar-refractivity contribution in [2.45, 2.75) is 63.3 Å². The molecule has 2 aliphatic heterocycles. The Morgan fingerprint density at radius 2 is 2.05 bits per heavy atom. The lowest BCUT2D eigenvalue weighted by Gasteiger charge is -2.41. The van der Waals surface area contributed by atoms with Crippen LogP contribution in [0.2, 0.25) is 0 Å². The molecule has 4 rings (SSSR count). The van der Waals surface area contributed by atoms with Crippen molar-refractivity contribution in [1.29, 1.82) is 0 Å². The molecule has 1 fully saturated rings. The van der Waals surface area contributed by atoms with Crippen molar-refractivity contribution in [1.82, 2.24) is 4.90 Å². The number of benzene rings is 1. The summed E-state index contributed by atoms with van der Waals surface area (Å²) in [5, 5.41) is 0. The molecular formula is C19H29NO. The van der Waals surface area contributed by atoms with Gasteiger partial charge in [0.25, 0.3) is 0 Å². The van der Waals surface area contributed by atoms with Crippen molar-refractivity contribution >= 4 is 0 Å². The summed E-state index contributed by atoms with van der Waals surface area (Å²) in [6.07, 6.45) is 9.26. The SMILES string of the molecule is COc1ccc2c(c1)[C@@]1(C)CCCCC[C@H](C2)N(C)CC1. The van der Waals surface area contributed by atoms with Gasteiger partial charge in [0, 0.05) is 6.04 Å². The molecule has 2 atom stereocenters. The van der Waals surface area contributed by atoms with E-state index in [-0.39, 0.29) is 0 Å². The molecular weight excluding hydrogens is 258 g/mol. The van der Waals surface area contributed by atoms with E-state index in [1.165, 1.54) is 51.5 Å². The second-order valence-corrected chi connectivity index (χ2v) is 7.27. The minimum atomic E-state index is 0.306. The third-order valence-electron chi connectivity index (χ3n) is 5.83. The van der Waals surface area contributed by atoms with E-state index < -0.39 is 0 Å². The Bertz CT molecular complexity index is 498. The first-order valence-corrected chi connectivity index (χ1v) is 8.50. The number of ether oxygens (including phenoxy) is 1. The summed E-state index contributed by atoms with van der Waals surface area (Å²) < 4.78 is 5.50. The van der Waals surface area contributed by atoms with Crippen molar-refractivity contribution in [3.8, 4) is 5.75 Å². The second kappa shape index (κ2) is 6.00. The van der Waals surface area contributed by atoms with Gasteiger partial charge in [-0.15, -0.1) is 0 Å². The Kier molecular flexibility index (Phi) is 4.26. The number of nitrogens with zero attached hydrogens (tertiary/aromatic N) is 1. The predicted octanol–water partition coefficient (Wildman–Crippen LogP) is 4.16. The van der Waals surface area contributed by atoms with E-state index in [1.807, 2.05) is 0 Å². The highest BCUT2D eigenvalue weighted by Crippen LogP contribution is 2.41. The number of methoxy groups -OCH3 is 1. The maximum Gasteiger partial charge on any atom is 0.119 e. The molecule has 21 heavy (non-hydrogen) atoms. The molecule has 0 radical (unpaired) electrons. The van der Waals surface area contributed by atoms with Crippen molar-refractivity contribution in [2.24, 2.45) is 0 Å². The second-order valence-electron chi connectivity index (χ2n) is 7.27. The fourth-order valence-electron chi connectivity index (χ4n) is 4.23. The van der Waals surface area contributed by atoms with E-state index in [2.05, 4.69) is 37.1 Å². The summed E-state index contributed by atoms with van der Waals surface area (Å²) in [5.41, 5.74) is 3.42. The Morgan fingerprint density at radius 1 is 1.19 bits per heavy atom. The fourth-order valence-corrected chi connectivity index (χ4v) is 4.23. The van der Waals surface area contributed by atoms with E-state index in [9.17, 15) is 0 Å². The molecule has 0 unspecified atom stereocenters. The lowest BCUT2D eigenvalue weighted by atomic mass is 9.70. The van der Waals surface area contributed by atoms with Crippen LogP contribution in [0.25, 0.3) is 0 Å². The molecule has 0 aromatic heterocycles. The summed E-state index contributed by atoms with van der Waals surface area (Å²) in [5.74, 6) is 1.02. The number of likely N-dealkylation sites (N-methyl/N-ethyl adjacent to an activating group) is 1. The molecule has 0 amide bonds. The van der Waals surface area contributed by atoms with Gasteiger partial charge in [0.15, 0.2) is 0 Å². The van der Waals surface area contributed by atoms with Crippen LogP contribution >= 0.6 is 0 Å². The Morgan fingerprint density at radius 3 is 2.86 bits per heavy atom. The topological polar surface area (TPSA) is 12.5 Å². The standard InChI is InChI=1S/C19H29NO/c1-19-10-6-4-5-7-16(20(2)12-11-19)13-15-8-9-17(21-3)14-18(15)19/h8-9,14,16H,4-7,10-13H2,1-3H3/t16-,19+/m1/s1. The number of rotatable bonds is 1. The lowest BCUT2D eigenvalue weighted by molar-refractivity contribution is 0.179. The van der Waals surface area contributed by atoms with E-state index in [0.29, 0.717) is 11.5 Å². The summed E-state index contributed by atoms with van der Waals surface area (Å²) >= 11 is 0. The molecule has 1 aromatic carbocycles. The van der Waals surface area contributed by atoms with Crippen LogP contribution in [-0.4, -0.2) is 31.6 Å². The maximum absolute atomic E-state index is 5.50. The van der Waals surface area contributed by atoms with Gasteiger partial charge in [0.05, 0.1) is 7.11 Å². The van der Waals surface area contributed by atoms with E-state index in [1.54, 1.807) is 18.2 Å². The highest BCUT2D eigenvalue weighted by atomic mass is 16.5. The zero-order valence-electron chi connectivity index (χ0n) is 13.8. The van der Waals surface area contributed by atoms with Crippen LogP contribution in [-0.2, 0) is 11.8 Å². The van der Waals surface area contributed by atoms with Crippen LogP contribution < -0.4 is 4.74 Å². The molecule has 2 heteroatoms. The van der Waals surface area contributed by atoms with E-state index in [4.69, 9.17) is 4.74 Å². The molecule has 0 N–H and O–H groups in total. The fraction of sp³-hybridized carbons (Fsp3) is 0.684. The normalized spacial score (nSPS) is 30.5. The summed E-state index contributed by atoms with van der Waals surface area (Å²) in [6, 6.07) is 7.49.